The summed E-state index contributed by atoms with van der Waals surface area (Å²) in [5.74, 6) is 0. The van der Waals surface area contributed by atoms with Gasteiger partial charge in [-0.1, -0.05) is 54.1 Å². The molecule has 1 unspecified atom stereocenters. The highest BCUT2D eigenvalue weighted by atomic mass is 16.5. The van der Waals surface area contributed by atoms with Crippen molar-refractivity contribution in [1.82, 2.24) is 0 Å². The van der Waals surface area contributed by atoms with Crippen molar-refractivity contribution in [3.8, 4) is 0 Å². The van der Waals surface area contributed by atoms with E-state index in [1.165, 1.54) is 22.3 Å². The van der Waals surface area contributed by atoms with Gasteiger partial charge in [0.05, 0.1) is 0 Å². The third-order valence-electron chi connectivity index (χ3n) is 3.09. The molecular weight excluding hydrogens is 208 g/mol. The number of rotatable bonds is 3. The first-order valence-corrected chi connectivity index (χ1v) is 5.87. The Morgan fingerprint density at radius 1 is 0.882 bits per heavy atom. The molecule has 0 aliphatic carbocycles. The van der Waals surface area contributed by atoms with Gasteiger partial charge >= 0.3 is 0 Å². The summed E-state index contributed by atoms with van der Waals surface area (Å²) in [4.78, 5) is 0. The van der Waals surface area contributed by atoms with Gasteiger partial charge in [0.1, 0.15) is 6.10 Å². The van der Waals surface area contributed by atoms with Crippen molar-refractivity contribution < 1.29 is 4.74 Å². The van der Waals surface area contributed by atoms with Gasteiger partial charge in [-0.05, 0) is 30.5 Å². The summed E-state index contributed by atoms with van der Waals surface area (Å²) < 4.78 is 5.64. The molecule has 1 nitrogen and oxygen atoms in total. The van der Waals surface area contributed by atoms with E-state index in [2.05, 4.69) is 62.4 Å². The first kappa shape index (κ1) is 11.9. The van der Waals surface area contributed by atoms with E-state index in [1.54, 1.807) is 7.11 Å². The number of ether oxygens (including phenoxy) is 1. The Morgan fingerprint density at radius 3 is 2.12 bits per heavy atom. The van der Waals surface area contributed by atoms with E-state index in [0.717, 1.165) is 0 Å². The van der Waals surface area contributed by atoms with Crippen molar-refractivity contribution in [3.63, 3.8) is 0 Å². The highest BCUT2D eigenvalue weighted by Gasteiger charge is 2.14. The molecule has 0 bridgehead atoms. The van der Waals surface area contributed by atoms with Gasteiger partial charge in [-0.3, -0.25) is 0 Å². The number of methoxy groups -OCH3 is 1. The molecule has 2 aromatic carbocycles. The molecule has 0 aliphatic rings. The predicted octanol–water partition coefficient (Wildman–Crippen LogP) is 4.04. The fourth-order valence-corrected chi connectivity index (χ4v) is 2.06. The smallest absolute Gasteiger partial charge is 0.107 e. The molecule has 17 heavy (non-hydrogen) atoms. The number of benzene rings is 2. The van der Waals surface area contributed by atoms with Crippen LogP contribution >= 0.6 is 0 Å². The standard InChI is InChI=1S/C16H18O/c1-12-8-10-14(11-9-12)16(17-3)15-7-5-4-6-13(15)2/h4-11,16H,1-3H3. The van der Waals surface area contributed by atoms with Crippen LogP contribution in [-0.4, -0.2) is 7.11 Å². The Balaban J connectivity index is 2.40. The van der Waals surface area contributed by atoms with E-state index in [-0.39, 0.29) is 6.10 Å². The summed E-state index contributed by atoms with van der Waals surface area (Å²) in [6, 6.07) is 16.9. The van der Waals surface area contributed by atoms with Gasteiger partial charge in [-0.2, -0.15) is 0 Å². The zero-order valence-corrected chi connectivity index (χ0v) is 10.6. The van der Waals surface area contributed by atoms with E-state index >= 15 is 0 Å². The molecule has 0 spiro atoms. The van der Waals surface area contributed by atoms with Gasteiger partial charge in [-0.15, -0.1) is 0 Å². The van der Waals surface area contributed by atoms with E-state index in [9.17, 15) is 0 Å². The zero-order chi connectivity index (χ0) is 12.3. The molecule has 2 rings (SSSR count). The summed E-state index contributed by atoms with van der Waals surface area (Å²) in [7, 11) is 1.76. The lowest BCUT2D eigenvalue weighted by Gasteiger charge is -2.18. The lowest BCUT2D eigenvalue weighted by molar-refractivity contribution is 0.136. The summed E-state index contributed by atoms with van der Waals surface area (Å²) >= 11 is 0. The van der Waals surface area contributed by atoms with Crippen LogP contribution in [0.15, 0.2) is 48.5 Å². The molecule has 0 saturated heterocycles. The Labute approximate surface area is 103 Å². The fourth-order valence-electron chi connectivity index (χ4n) is 2.06. The lowest BCUT2D eigenvalue weighted by atomic mass is 9.97. The maximum atomic E-state index is 5.64. The first-order valence-electron chi connectivity index (χ1n) is 5.87. The van der Waals surface area contributed by atoms with Crippen LogP contribution in [0.4, 0.5) is 0 Å². The minimum absolute atomic E-state index is 0.0248. The van der Waals surface area contributed by atoms with Crippen molar-refractivity contribution in [1.29, 1.82) is 0 Å². The Morgan fingerprint density at radius 2 is 1.53 bits per heavy atom. The van der Waals surface area contributed by atoms with E-state index in [1.807, 2.05) is 0 Å². The van der Waals surface area contributed by atoms with Gasteiger partial charge in [-0.25, -0.2) is 0 Å². The van der Waals surface area contributed by atoms with Crippen LogP contribution in [-0.2, 0) is 4.74 Å². The third-order valence-corrected chi connectivity index (χ3v) is 3.09. The molecule has 0 amide bonds. The highest BCUT2D eigenvalue weighted by molar-refractivity contribution is 5.36. The Kier molecular flexibility index (Phi) is 3.60. The maximum Gasteiger partial charge on any atom is 0.107 e. The van der Waals surface area contributed by atoms with Crippen LogP contribution in [0.25, 0.3) is 0 Å². The van der Waals surface area contributed by atoms with Crippen LogP contribution in [0.3, 0.4) is 0 Å². The lowest BCUT2D eigenvalue weighted by Crippen LogP contribution is -2.05. The molecule has 1 atom stereocenters. The molecule has 1 heteroatoms. The van der Waals surface area contributed by atoms with Crippen molar-refractivity contribution in [3.05, 3.63) is 70.8 Å². The molecular formula is C16H18O. The SMILES string of the molecule is COC(c1ccc(C)cc1)c1ccccc1C. The quantitative estimate of drug-likeness (QED) is 0.767. The normalized spacial score (nSPS) is 12.4. The van der Waals surface area contributed by atoms with Gasteiger partial charge < -0.3 is 4.74 Å². The highest BCUT2D eigenvalue weighted by Crippen LogP contribution is 2.27. The molecule has 0 aromatic heterocycles. The summed E-state index contributed by atoms with van der Waals surface area (Å²) in [5.41, 5.74) is 4.97. The average Bonchev–Trinajstić information content (AvgIpc) is 2.35. The van der Waals surface area contributed by atoms with E-state index in [0.29, 0.717) is 0 Å². The van der Waals surface area contributed by atoms with Crippen LogP contribution in [0.5, 0.6) is 0 Å². The van der Waals surface area contributed by atoms with E-state index in [4.69, 9.17) is 4.74 Å². The monoisotopic (exact) mass is 226 g/mol. The molecule has 0 N–H and O–H groups in total. The fraction of sp³-hybridized carbons (Fsp3) is 0.250. The topological polar surface area (TPSA) is 9.23 Å². The third kappa shape index (κ3) is 2.56. The van der Waals surface area contributed by atoms with Crippen molar-refractivity contribution in [2.75, 3.05) is 7.11 Å². The molecule has 0 aliphatic heterocycles. The molecule has 0 heterocycles. The van der Waals surface area contributed by atoms with Gasteiger partial charge in [0.2, 0.25) is 0 Å². The molecule has 0 radical (unpaired) electrons. The largest absolute Gasteiger partial charge is 0.372 e. The Hall–Kier alpha value is -1.60. The second-order valence-corrected chi connectivity index (χ2v) is 4.38. The van der Waals surface area contributed by atoms with Crippen LogP contribution in [0.1, 0.15) is 28.4 Å². The number of hydrogen-bond donors (Lipinski definition) is 0. The van der Waals surface area contributed by atoms with Gasteiger partial charge in [0.15, 0.2) is 0 Å². The average molecular weight is 226 g/mol. The van der Waals surface area contributed by atoms with Crippen LogP contribution in [0.2, 0.25) is 0 Å². The van der Waals surface area contributed by atoms with Crippen LogP contribution in [0, 0.1) is 13.8 Å². The summed E-state index contributed by atoms with van der Waals surface area (Å²) in [6.45, 7) is 4.22. The molecule has 88 valence electrons. The molecule has 2 aromatic rings. The summed E-state index contributed by atoms with van der Waals surface area (Å²) in [6.07, 6.45) is 0.0248. The van der Waals surface area contributed by atoms with E-state index < -0.39 is 0 Å². The number of hydrogen-bond acceptors (Lipinski definition) is 1. The van der Waals surface area contributed by atoms with Gasteiger partial charge in [0.25, 0.3) is 0 Å². The van der Waals surface area contributed by atoms with Crippen molar-refractivity contribution >= 4 is 0 Å². The zero-order valence-electron chi connectivity index (χ0n) is 10.6. The summed E-state index contributed by atoms with van der Waals surface area (Å²) in [5, 5.41) is 0. The number of aryl methyl sites for hydroxylation is 2. The predicted molar refractivity (Wildman–Crippen MR) is 71.2 cm³/mol. The Bertz CT molecular complexity index is 485. The molecule has 0 fully saturated rings. The van der Waals surface area contributed by atoms with Crippen LogP contribution < -0.4 is 0 Å². The minimum Gasteiger partial charge on any atom is -0.372 e. The maximum absolute atomic E-state index is 5.64. The first-order chi connectivity index (χ1) is 8.22. The second-order valence-electron chi connectivity index (χ2n) is 4.38. The van der Waals surface area contributed by atoms with Gasteiger partial charge in [0, 0.05) is 7.11 Å². The van der Waals surface area contributed by atoms with Crippen molar-refractivity contribution in [2.45, 2.75) is 20.0 Å². The molecule has 0 saturated carbocycles. The minimum atomic E-state index is 0.0248. The van der Waals surface area contributed by atoms with Crippen molar-refractivity contribution in [2.24, 2.45) is 0 Å². The second kappa shape index (κ2) is 5.15.